The molecule has 2 atom stereocenters. The fourth-order valence-electron chi connectivity index (χ4n) is 8.72. The Hall–Kier alpha value is -1.65. The van der Waals surface area contributed by atoms with Crippen molar-refractivity contribution in [2.45, 2.75) is 315 Å². The Bertz CT molecular complexity index is 1000. The molecule has 1 amide bonds. The molecule has 0 rings (SSSR count). The van der Waals surface area contributed by atoms with Gasteiger partial charge in [0.2, 0.25) is 5.91 Å². The Kier molecular flexibility index (Phi) is 53.3. The Labute approximate surface area is 394 Å². The van der Waals surface area contributed by atoms with Gasteiger partial charge in [-0.25, -0.2) is 0 Å². The third kappa shape index (κ3) is 51.2. The van der Waals surface area contributed by atoms with E-state index >= 15 is 0 Å². The van der Waals surface area contributed by atoms with Gasteiger partial charge in [0.1, 0.15) is 0 Å². The predicted molar refractivity (Wildman–Crippen MR) is 281 cm³/mol. The Balaban J connectivity index is 3.50. The molecule has 63 heavy (non-hydrogen) atoms. The molecule has 0 fully saturated rings. The summed E-state index contributed by atoms with van der Waals surface area (Å²) < 4.78 is 0. The molecule has 3 N–H and O–H groups in total. The molecule has 370 valence electrons. The zero-order valence-corrected chi connectivity index (χ0v) is 42.6. The third-order valence-electron chi connectivity index (χ3n) is 13.1. The molecule has 4 heteroatoms. The Morgan fingerprint density at radius 2 is 0.651 bits per heavy atom. The van der Waals surface area contributed by atoms with E-state index in [4.69, 9.17) is 0 Å². The molecular weight excluding hydrogens is 771 g/mol. The van der Waals surface area contributed by atoms with Gasteiger partial charge in [-0.2, -0.15) is 0 Å². The largest absolute Gasteiger partial charge is 0.394 e. The number of rotatable bonds is 52. The van der Waals surface area contributed by atoms with Crippen LogP contribution in [0.4, 0.5) is 0 Å². The molecule has 0 aromatic rings. The number of unbranched alkanes of at least 4 members (excludes halogenated alkanes) is 39. The van der Waals surface area contributed by atoms with Crippen LogP contribution in [0.3, 0.4) is 0 Å². The summed E-state index contributed by atoms with van der Waals surface area (Å²) in [5, 5.41) is 23.2. The van der Waals surface area contributed by atoms with Gasteiger partial charge in [0.25, 0.3) is 0 Å². The fraction of sp³-hybridized carbons (Fsp3) is 0.847. The summed E-state index contributed by atoms with van der Waals surface area (Å²) in [5.74, 6) is -0.0618. The highest BCUT2D eigenvalue weighted by atomic mass is 16.3. The second kappa shape index (κ2) is 54.7. The summed E-state index contributed by atoms with van der Waals surface area (Å²) in [6.45, 7) is 4.32. The number of carbonyl (C=O) groups excluding carboxylic acids is 1. The van der Waals surface area contributed by atoms with Crippen LogP contribution in [0.15, 0.2) is 48.6 Å². The van der Waals surface area contributed by atoms with E-state index in [9.17, 15) is 15.0 Å². The number of amides is 1. The lowest BCUT2D eigenvalue weighted by molar-refractivity contribution is -0.123. The molecule has 0 aliphatic heterocycles. The minimum atomic E-state index is -0.841. The van der Waals surface area contributed by atoms with E-state index in [0.717, 1.165) is 38.5 Å². The molecule has 0 aromatic heterocycles. The lowest BCUT2D eigenvalue weighted by Crippen LogP contribution is -2.45. The predicted octanol–water partition coefficient (Wildman–Crippen LogP) is 18.6. The molecule has 0 spiro atoms. The highest BCUT2D eigenvalue weighted by molar-refractivity contribution is 5.76. The first-order valence-electron chi connectivity index (χ1n) is 28.4. The van der Waals surface area contributed by atoms with Crippen LogP contribution >= 0.6 is 0 Å². The van der Waals surface area contributed by atoms with Gasteiger partial charge in [0, 0.05) is 6.42 Å². The molecule has 0 aliphatic rings. The molecule has 0 aromatic carbocycles. The molecule has 0 aliphatic carbocycles. The van der Waals surface area contributed by atoms with Crippen LogP contribution in [0.2, 0.25) is 0 Å². The van der Waals surface area contributed by atoms with Crippen molar-refractivity contribution in [3.8, 4) is 0 Å². The standard InChI is InChI=1S/C59H111NO3/c1-3-5-7-9-11-13-15-17-19-21-23-25-27-28-29-30-31-32-33-35-37-39-41-43-45-47-49-51-53-55-59(63)60-57(56-61)58(62)54-52-50-48-46-44-42-40-38-36-34-26-24-22-20-18-16-14-12-10-8-6-4-2/h15,17,21,23,27-28,52,54,57-58,61-62H,3-14,16,18-20,22,24-26,29-51,53,55-56H2,1-2H3,(H,60,63)/b17-15-,23-21-,28-27-,54-52+. The summed E-state index contributed by atoms with van der Waals surface area (Å²) in [7, 11) is 0. The monoisotopic (exact) mass is 882 g/mol. The van der Waals surface area contributed by atoms with Crippen LogP contribution in [-0.2, 0) is 4.79 Å². The minimum absolute atomic E-state index is 0.0618. The van der Waals surface area contributed by atoms with E-state index in [-0.39, 0.29) is 12.5 Å². The van der Waals surface area contributed by atoms with E-state index in [0.29, 0.717) is 6.42 Å². The van der Waals surface area contributed by atoms with Crippen molar-refractivity contribution in [1.82, 2.24) is 5.32 Å². The first kappa shape index (κ1) is 61.4. The van der Waals surface area contributed by atoms with Crippen LogP contribution in [0.1, 0.15) is 303 Å². The number of hydrogen-bond donors (Lipinski definition) is 3. The molecular formula is C59H111NO3. The smallest absolute Gasteiger partial charge is 0.220 e. The van der Waals surface area contributed by atoms with Crippen LogP contribution in [0.25, 0.3) is 0 Å². The zero-order chi connectivity index (χ0) is 45.6. The quantitative estimate of drug-likeness (QED) is 0.0421. The zero-order valence-electron chi connectivity index (χ0n) is 42.6. The van der Waals surface area contributed by atoms with Crippen LogP contribution in [-0.4, -0.2) is 34.9 Å². The fourth-order valence-corrected chi connectivity index (χ4v) is 8.72. The molecule has 0 bridgehead atoms. The Morgan fingerprint density at radius 3 is 0.968 bits per heavy atom. The number of nitrogens with one attached hydrogen (secondary N) is 1. The highest BCUT2D eigenvalue weighted by Gasteiger charge is 2.18. The van der Waals surface area contributed by atoms with Crippen LogP contribution in [0, 0.1) is 0 Å². The maximum Gasteiger partial charge on any atom is 0.220 e. The number of aliphatic hydroxyl groups excluding tert-OH is 2. The third-order valence-corrected chi connectivity index (χ3v) is 13.1. The minimum Gasteiger partial charge on any atom is -0.394 e. The summed E-state index contributed by atoms with van der Waals surface area (Å²) >= 11 is 0. The van der Waals surface area contributed by atoms with Crippen molar-refractivity contribution in [3.63, 3.8) is 0 Å². The van der Waals surface area contributed by atoms with Gasteiger partial charge >= 0.3 is 0 Å². The average molecular weight is 883 g/mol. The molecule has 4 nitrogen and oxygen atoms in total. The number of hydrogen-bond acceptors (Lipinski definition) is 3. The SMILES string of the molecule is CCCCCCC/C=C\C/C=C\C/C=C\CCCCCCCCCCCCCCCCC(=O)NC(CO)C(O)/C=C/CCCCCCCCCCCCCCCCCCCCCC. The van der Waals surface area contributed by atoms with Crippen molar-refractivity contribution in [2.24, 2.45) is 0 Å². The summed E-state index contributed by atoms with van der Waals surface area (Å²) in [6.07, 6.45) is 75.5. The van der Waals surface area contributed by atoms with Crippen molar-refractivity contribution >= 4 is 5.91 Å². The lowest BCUT2D eigenvalue weighted by Gasteiger charge is -2.20. The van der Waals surface area contributed by atoms with Gasteiger partial charge < -0.3 is 15.5 Å². The first-order valence-corrected chi connectivity index (χ1v) is 28.4. The van der Waals surface area contributed by atoms with E-state index in [2.05, 4.69) is 55.6 Å². The Morgan fingerprint density at radius 1 is 0.381 bits per heavy atom. The second-order valence-corrected chi connectivity index (χ2v) is 19.4. The van der Waals surface area contributed by atoms with Gasteiger partial charge in [-0.1, -0.05) is 287 Å². The van der Waals surface area contributed by atoms with Crippen LogP contribution in [0.5, 0.6) is 0 Å². The first-order chi connectivity index (χ1) is 31.2. The van der Waals surface area contributed by atoms with E-state index < -0.39 is 12.1 Å². The molecule has 0 saturated carbocycles. The van der Waals surface area contributed by atoms with Gasteiger partial charge in [0.05, 0.1) is 18.8 Å². The lowest BCUT2D eigenvalue weighted by atomic mass is 10.0. The summed E-state index contributed by atoms with van der Waals surface area (Å²) in [4.78, 5) is 12.5. The van der Waals surface area contributed by atoms with Crippen molar-refractivity contribution in [3.05, 3.63) is 48.6 Å². The molecule has 2 unspecified atom stereocenters. The number of allylic oxidation sites excluding steroid dienone is 7. The topological polar surface area (TPSA) is 69.6 Å². The molecule has 0 radical (unpaired) electrons. The highest BCUT2D eigenvalue weighted by Crippen LogP contribution is 2.17. The average Bonchev–Trinajstić information content (AvgIpc) is 3.29. The summed E-state index contributed by atoms with van der Waals surface area (Å²) in [5.41, 5.74) is 0. The maximum atomic E-state index is 12.5. The van der Waals surface area contributed by atoms with Gasteiger partial charge in [0.15, 0.2) is 0 Å². The maximum absolute atomic E-state index is 12.5. The van der Waals surface area contributed by atoms with E-state index in [1.165, 1.54) is 244 Å². The van der Waals surface area contributed by atoms with Crippen molar-refractivity contribution in [1.29, 1.82) is 0 Å². The van der Waals surface area contributed by atoms with Crippen molar-refractivity contribution in [2.75, 3.05) is 6.61 Å². The van der Waals surface area contributed by atoms with Gasteiger partial charge in [-0.15, -0.1) is 0 Å². The second-order valence-electron chi connectivity index (χ2n) is 19.4. The van der Waals surface area contributed by atoms with Gasteiger partial charge in [-0.05, 0) is 57.8 Å². The molecule has 0 heterocycles. The number of carbonyl (C=O) groups is 1. The van der Waals surface area contributed by atoms with E-state index in [1.54, 1.807) is 6.08 Å². The van der Waals surface area contributed by atoms with Crippen molar-refractivity contribution < 1.29 is 15.0 Å². The number of aliphatic hydroxyl groups is 2. The normalized spacial score (nSPS) is 13.1. The van der Waals surface area contributed by atoms with Crippen LogP contribution < -0.4 is 5.32 Å². The van der Waals surface area contributed by atoms with E-state index in [1.807, 2.05) is 6.08 Å². The summed E-state index contributed by atoms with van der Waals surface area (Å²) in [6, 6.07) is -0.624. The van der Waals surface area contributed by atoms with Gasteiger partial charge in [-0.3, -0.25) is 4.79 Å². The molecule has 0 saturated heterocycles.